The molecule has 0 bridgehead atoms. The highest BCUT2D eigenvalue weighted by atomic mass is 79.9. The number of halogens is 1. The molecule has 1 aromatic rings. The SMILES string of the molecule is CC1CN(C(=O)c2ccc(Br)cn2)CCN1C. The maximum atomic E-state index is 12.2. The highest BCUT2D eigenvalue weighted by Crippen LogP contribution is 2.12. The highest BCUT2D eigenvalue weighted by Gasteiger charge is 2.25. The minimum absolute atomic E-state index is 0.0254. The van der Waals surface area contributed by atoms with E-state index >= 15 is 0 Å². The number of carbonyl (C=O) groups is 1. The van der Waals surface area contributed by atoms with Gasteiger partial charge in [0.15, 0.2) is 0 Å². The Hall–Kier alpha value is -0.940. The summed E-state index contributed by atoms with van der Waals surface area (Å²) in [6.07, 6.45) is 1.66. The molecule has 1 aliphatic heterocycles. The first-order valence-electron chi connectivity index (χ1n) is 5.69. The van der Waals surface area contributed by atoms with Gasteiger partial charge >= 0.3 is 0 Å². The molecule has 2 heterocycles. The molecule has 1 aromatic heterocycles. The van der Waals surface area contributed by atoms with Crippen LogP contribution in [-0.4, -0.2) is 53.4 Å². The molecular weight excluding hydrogens is 282 g/mol. The predicted molar refractivity (Wildman–Crippen MR) is 69.9 cm³/mol. The van der Waals surface area contributed by atoms with Gasteiger partial charge in [-0.15, -0.1) is 0 Å². The summed E-state index contributed by atoms with van der Waals surface area (Å²) in [5.41, 5.74) is 0.518. The first-order valence-corrected chi connectivity index (χ1v) is 6.48. The van der Waals surface area contributed by atoms with Crippen LogP contribution in [0.5, 0.6) is 0 Å². The fourth-order valence-corrected chi connectivity index (χ4v) is 2.13. The Labute approximate surface area is 110 Å². The molecule has 1 unspecified atom stereocenters. The van der Waals surface area contributed by atoms with Gasteiger partial charge in [0.2, 0.25) is 0 Å². The van der Waals surface area contributed by atoms with Gasteiger partial charge in [-0.1, -0.05) is 0 Å². The third-order valence-electron chi connectivity index (χ3n) is 3.19. The number of likely N-dealkylation sites (N-methyl/N-ethyl adjacent to an activating group) is 1. The lowest BCUT2D eigenvalue weighted by molar-refractivity contribution is 0.0567. The molecule has 0 aromatic carbocycles. The molecule has 92 valence electrons. The van der Waals surface area contributed by atoms with E-state index in [1.807, 2.05) is 11.0 Å². The number of piperazine rings is 1. The summed E-state index contributed by atoms with van der Waals surface area (Å²) >= 11 is 3.31. The van der Waals surface area contributed by atoms with Crippen LogP contribution < -0.4 is 0 Å². The van der Waals surface area contributed by atoms with Gasteiger partial charge in [-0.3, -0.25) is 4.79 Å². The number of rotatable bonds is 1. The molecular formula is C12H16BrN3O. The Morgan fingerprint density at radius 2 is 2.24 bits per heavy atom. The normalized spacial score (nSPS) is 21.6. The number of hydrogen-bond donors (Lipinski definition) is 0. The van der Waals surface area contributed by atoms with E-state index in [1.54, 1.807) is 12.3 Å². The number of nitrogens with zero attached hydrogens (tertiary/aromatic N) is 3. The topological polar surface area (TPSA) is 36.4 Å². The lowest BCUT2D eigenvalue weighted by atomic mass is 10.2. The molecule has 2 rings (SSSR count). The first-order chi connectivity index (χ1) is 8.08. The Kier molecular flexibility index (Phi) is 3.79. The van der Waals surface area contributed by atoms with Gasteiger partial charge in [0, 0.05) is 36.3 Å². The molecule has 0 aliphatic carbocycles. The van der Waals surface area contributed by atoms with E-state index < -0.39 is 0 Å². The summed E-state index contributed by atoms with van der Waals surface area (Å²) in [6, 6.07) is 4.01. The van der Waals surface area contributed by atoms with E-state index in [-0.39, 0.29) is 5.91 Å². The van der Waals surface area contributed by atoms with E-state index in [0.29, 0.717) is 11.7 Å². The molecule has 0 spiro atoms. The molecule has 0 radical (unpaired) electrons. The Morgan fingerprint density at radius 1 is 1.47 bits per heavy atom. The summed E-state index contributed by atoms with van der Waals surface area (Å²) < 4.78 is 0.890. The van der Waals surface area contributed by atoms with Crippen LogP contribution >= 0.6 is 15.9 Å². The van der Waals surface area contributed by atoms with Crippen molar-refractivity contribution in [3.8, 4) is 0 Å². The second-order valence-electron chi connectivity index (χ2n) is 4.44. The molecule has 4 nitrogen and oxygen atoms in total. The molecule has 1 aliphatic rings. The van der Waals surface area contributed by atoms with Crippen molar-refractivity contribution in [2.24, 2.45) is 0 Å². The van der Waals surface area contributed by atoms with Crippen LogP contribution in [0.1, 0.15) is 17.4 Å². The maximum absolute atomic E-state index is 12.2. The van der Waals surface area contributed by atoms with E-state index in [2.05, 4.69) is 39.8 Å². The van der Waals surface area contributed by atoms with E-state index in [4.69, 9.17) is 0 Å². The Bertz CT molecular complexity index is 407. The van der Waals surface area contributed by atoms with Gasteiger partial charge < -0.3 is 9.80 Å². The van der Waals surface area contributed by atoms with Crippen LogP contribution in [-0.2, 0) is 0 Å². The van der Waals surface area contributed by atoms with Gasteiger partial charge in [-0.05, 0) is 42.0 Å². The lowest BCUT2D eigenvalue weighted by Gasteiger charge is -2.37. The van der Waals surface area contributed by atoms with Gasteiger partial charge in [0.1, 0.15) is 5.69 Å². The van der Waals surface area contributed by atoms with E-state index in [0.717, 1.165) is 24.1 Å². The first kappa shape index (κ1) is 12.5. The molecule has 0 N–H and O–H groups in total. The van der Waals surface area contributed by atoms with Crippen LogP contribution in [0.4, 0.5) is 0 Å². The minimum Gasteiger partial charge on any atom is -0.334 e. The smallest absolute Gasteiger partial charge is 0.272 e. The Balaban J connectivity index is 2.08. The average molecular weight is 298 g/mol. The largest absolute Gasteiger partial charge is 0.334 e. The lowest BCUT2D eigenvalue weighted by Crippen LogP contribution is -2.52. The van der Waals surface area contributed by atoms with E-state index in [9.17, 15) is 4.79 Å². The van der Waals surface area contributed by atoms with Gasteiger partial charge in [0.05, 0.1) is 0 Å². The summed E-state index contributed by atoms with van der Waals surface area (Å²) in [6.45, 7) is 4.60. The maximum Gasteiger partial charge on any atom is 0.272 e. The molecule has 1 fully saturated rings. The third kappa shape index (κ3) is 2.84. The molecule has 0 saturated carbocycles. The fraction of sp³-hybridized carbons (Fsp3) is 0.500. The van der Waals surface area contributed by atoms with Crippen molar-refractivity contribution in [2.75, 3.05) is 26.7 Å². The monoisotopic (exact) mass is 297 g/mol. The quantitative estimate of drug-likeness (QED) is 0.790. The summed E-state index contributed by atoms with van der Waals surface area (Å²) in [5.74, 6) is 0.0254. The summed E-state index contributed by atoms with van der Waals surface area (Å²) in [5, 5.41) is 0. The molecule has 5 heteroatoms. The second-order valence-corrected chi connectivity index (χ2v) is 5.36. The van der Waals surface area contributed by atoms with Crippen molar-refractivity contribution in [1.82, 2.24) is 14.8 Å². The van der Waals surface area contributed by atoms with Crippen molar-refractivity contribution in [2.45, 2.75) is 13.0 Å². The zero-order valence-corrected chi connectivity index (χ0v) is 11.6. The van der Waals surface area contributed by atoms with Crippen LogP contribution in [0.25, 0.3) is 0 Å². The number of hydrogen-bond acceptors (Lipinski definition) is 3. The number of amides is 1. The Morgan fingerprint density at radius 3 is 2.82 bits per heavy atom. The van der Waals surface area contributed by atoms with Crippen molar-refractivity contribution in [1.29, 1.82) is 0 Å². The molecule has 1 atom stereocenters. The van der Waals surface area contributed by atoms with Gasteiger partial charge in [0.25, 0.3) is 5.91 Å². The van der Waals surface area contributed by atoms with Crippen LogP contribution in [0.3, 0.4) is 0 Å². The van der Waals surface area contributed by atoms with Gasteiger partial charge in [-0.2, -0.15) is 0 Å². The van der Waals surface area contributed by atoms with E-state index in [1.165, 1.54) is 0 Å². The van der Waals surface area contributed by atoms with Crippen molar-refractivity contribution in [3.63, 3.8) is 0 Å². The predicted octanol–water partition coefficient (Wildman–Crippen LogP) is 1.62. The standard InChI is InChI=1S/C12H16BrN3O/c1-9-8-16(6-5-15(9)2)12(17)11-4-3-10(13)7-14-11/h3-4,7,9H,5-6,8H2,1-2H3. The van der Waals surface area contributed by atoms with Crippen LogP contribution in [0.2, 0.25) is 0 Å². The summed E-state index contributed by atoms with van der Waals surface area (Å²) in [4.78, 5) is 20.5. The number of carbonyl (C=O) groups excluding carboxylic acids is 1. The van der Waals surface area contributed by atoms with Crippen molar-refractivity contribution >= 4 is 21.8 Å². The second kappa shape index (κ2) is 5.14. The highest BCUT2D eigenvalue weighted by molar-refractivity contribution is 9.10. The number of aromatic nitrogens is 1. The molecule has 1 saturated heterocycles. The van der Waals surface area contributed by atoms with Crippen molar-refractivity contribution < 1.29 is 4.79 Å². The zero-order chi connectivity index (χ0) is 12.4. The van der Waals surface area contributed by atoms with Crippen molar-refractivity contribution in [3.05, 3.63) is 28.5 Å². The van der Waals surface area contributed by atoms with Crippen LogP contribution in [0, 0.1) is 0 Å². The fourth-order valence-electron chi connectivity index (χ4n) is 1.90. The van der Waals surface area contributed by atoms with Crippen LogP contribution in [0.15, 0.2) is 22.8 Å². The third-order valence-corrected chi connectivity index (χ3v) is 3.66. The van der Waals surface area contributed by atoms with Gasteiger partial charge in [-0.25, -0.2) is 4.98 Å². The minimum atomic E-state index is 0.0254. The number of pyridine rings is 1. The zero-order valence-electron chi connectivity index (χ0n) is 10.1. The summed E-state index contributed by atoms with van der Waals surface area (Å²) in [7, 11) is 2.09. The molecule has 1 amide bonds. The average Bonchev–Trinajstić information content (AvgIpc) is 2.33. The molecule has 17 heavy (non-hydrogen) atoms.